The van der Waals surface area contributed by atoms with Gasteiger partial charge in [0.1, 0.15) is 0 Å². The zero-order chi connectivity index (χ0) is 16.9. The van der Waals surface area contributed by atoms with Gasteiger partial charge in [-0.1, -0.05) is 19.9 Å². The summed E-state index contributed by atoms with van der Waals surface area (Å²) in [5.74, 6) is -0.693. The third-order valence-electron chi connectivity index (χ3n) is 3.73. The molecule has 0 aliphatic carbocycles. The van der Waals surface area contributed by atoms with E-state index in [0.717, 1.165) is 0 Å². The van der Waals surface area contributed by atoms with Crippen molar-refractivity contribution in [1.29, 1.82) is 0 Å². The largest absolute Gasteiger partial charge is 0.346 e. The van der Waals surface area contributed by atoms with Crippen molar-refractivity contribution >= 4 is 21.7 Å². The van der Waals surface area contributed by atoms with Crippen molar-refractivity contribution in [2.75, 3.05) is 24.6 Å². The molecule has 1 saturated heterocycles. The summed E-state index contributed by atoms with van der Waals surface area (Å²) in [5.41, 5.74) is 5.71. The Hall–Kier alpha value is -1.41. The Balaban J connectivity index is 2.63. The lowest BCUT2D eigenvalue weighted by molar-refractivity contribution is -0.134. The van der Waals surface area contributed by atoms with Crippen LogP contribution < -0.4 is 11.1 Å². The molecule has 1 aliphatic rings. The third kappa shape index (κ3) is 5.10. The van der Waals surface area contributed by atoms with Crippen LogP contribution in [0.2, 0.25) is 0 Å². The van der Waals surface area contributed by atoms with Crippen molar-refractivity contribution in [2.45, 2.75) is 32.4 Å². The molecule has 1 aliphatic heterocycles. The van der Waals surface area contributed by atoms with Gasteiger partial charge in [-0.3, -0.25) is 9.59 Å². The Morgan fingerprint density at radius 3 is 2.55 bits per heavy atom. The Kier molecular flexibility index (Phi) is 6.55. The molecule has 0 saturated carbocycles. The van der Waals surface area contributed by atoms with Crippen LogP contribution in [0.25, 0.3) is 0 Å². The second-order valence-electron chi connectivity index (χ2n) is 5.88. The van der Waals surface area contributed by atoms with Gasteiger partial charge in [-0.15, -0.1) is 6.58 Å². The minimum atomic E-state index is -3.08. The van der Waals surface area contributed by atoms with E-state index in [-0.39, 0.29) is 48.4 Å². The lowest BCUT2D eigenvalue weighted by atomic mass is 10.1. The average Bonchev–Trinajstić information content (AvgIpc) is 2.80. The molecule has 0 aromatic heterocycles. The van der Waals surface area contributed by atoms with E-state index in [9.17, 15) is 18.0 Å². The highest BCUT2D eigenvalue weighted by Gasteiger charge is 2.34. The van der Waals surface area contributed by atoms with E-state index < -0.39 is 15.9 Å². The number of carbonyl (C=O) groups excluding carboxylic acids is 2. The zero-order valence-electron chi connectivity index (χ0n) is 13.1. The van der Waals surface area contributed by atoms with Gasteiger partial charge in [-0.25, -0.2) is 8.42 Å². The summed E-state index contributed by atoms with van der Waals surface area (Å²) in [6, 6.07) is -1.03. The van der Waals surface area contributed by atoms with E-state index in [0.29, 0.717) is 6.42 Å². The van der Waals surface area contributed by atoms with E-state index >= 15 is 0 Å². The number of nitrogens with zero attached hydrogens (tertiary/aromatic N) is 1. The number of hydrogen-bond acceptors (Lipinski definition) is 5. The lowest BCUT2D eigenvalue weighted by Crippen LogP contribution is -2.50. The van der Waals surface area contributed by atoms with Crippen molar-refractivity contribution in [2.24, 2.45) is 11.7 Å². The number of amides is 2. The van der Waals surface area contributed by atoms with Crippen LogP contribution in [0.3, 0.4) is 0 Å². The predicted molar refractivity (Wildman–Crippen MR) is 84.8 cm³/mol. The van der Waals surface area contributed by atoms with Gasteiger partial charge in [0.05, 0.1) is 24.1 Å². The van der Waals surface area contributed by atoms with Crippen LogP contribution in [0.5, 0.6) is 0 Å². The van der Waals surface area contributed by atoms with Crippen molar-refractivity contribution in [3.63, 3.8) is 0 Å². The van der Waals surface area contributed by atoms with Crippen LogP contribution in [-0.4, -0.2) is 61.8 Å². The molecule has 0 aromatic carbocycles. The Labute approximate surface area is 131 Å². The first-order valence-electron chi connectivity index (χ1n) is 7.32. The molecule has 1 fully saturated rings. The van der Waals surface area contributed by atoms with Crippen LogP contribution in [0.15, 0.2) is 12.7 Å². The molecule has 0 spiro atoms. The van der Waals surface area contributed by atoms with Gasteiger partial charge in [-0.2, -0.15) is 0 Å². The van der Waals surface area contributed by atoms with Crippen molar-refractivity contribution in [3.8, 4) is 0 Å². The number of sulfone groups is 1. The van der Waals surface area contributed by atoms with Crippen molar-refractivity contribution in [1.82, 2.24) is 10.2 Å². The summed E-state index contributed by atoms with van der Waals surface area (Å²) >= 11 is 0. The SMILES string of the molecule is C=CCN(C(=O)CNC(=O)[C@@H](N)C(C)C)C1CCS(=O)(=O)C1. The monoisotopic (exact) mass is 331 g/mol. The van der Waals surface area contributed by atoms with Gasteiger partial charge in [0, 0.05) is 12.6 Å². The number of carbonyl (C=O) groups is 2. The van der Waals surface area contributed by atoms with Crippen LogP contribution in [0, 0.1) is 5.92 Å². The molecule has 0 aromatic rings. The molecular weight excluding hydrogens is 306 g/mol. The first-order chi connectivity index (χ1) is 10.2. The highest BCUT2D eigenvalue weighted by atomic mass is 32.2. The number of rotatable bonds is 7. The molecular formula is C14H25N3O4S. The summed E-state index contributed by atoms with van der Waals surface area (Å²) in [5, 5.41) is 2.51. The molecule has 3 N–H and O–H groups in total. The molecule has 22 heavy (non-hydrogen) atoms. The summed E-state index contributed by atoms with van der Waals surface area (Å²) in [7, 11) is -3.08. The maximum atomic E-state index is 12.3. The summed E-state index contributed by atoms with van der Waals surface area (Å²) in [6.07, 6.45) is 1.96. The molecule has 2 atom stereocenters. The molecule has 1 rings (SSSR count). The first kappa shape index (κ1) is 18.6. The van der Waals surface area contributed by atoms with E-state index in [4.69, 9.17) is 5.73 Å². The molecule has 7 nitrogen and oxygen atoms in total. The molecule has 2 amide bonds. The topological polar surface area (TPSA) is 110 Å². The van der Waals surface area contributed by atoms with Crippen molar-refractivity contribution < 1.29 is 18.0 Å². The average molecular weight is 331 g/mol. The summed E-state index contributed by atoms with van der Waals surface area (Å²) in [4.78, 5) is 25.5. The normalized spacial score (nSPS) is 21.4. The summed E-state index contributed by atoms with van der Waals surface area (Å²) < 4.78 is 23.1. The molecule has 1 heterocycles. The van der Waals surface area contributed by atoms with Gasteiger partial charge in [0.15, 0.2) is 9.84 Å². The third-order valence-corrected chi connectivity index (χ3v) is 5.48. The van der Waals surface area contributed by atoms with E-state index in [1.54, 1.807) is 6.08 Å². The standard InChI is InChI=1S/C14H25N3O4S/c1-4-6-17(11-5-7-22(20,21)9-11)12(18)8-16-14(19)13(15)10(2)3/h4,10-11,13H,1,5-9,15H2,2-3H3,(H,16,19)/t11?,13-/m0/s1. The van der Waals surface area contributed by atoms with E-state index in [1.807, 2.05) is 13.8 Å². The fourth-order valence-electron chi connectivity index (χ4n) is 2.30. The Bertz CT molecular complexity index is 530. The van der Waals surface area contributed by atoms with Crippen molar-refractivity contribution in [3.05, 3.63) is 12.7 Å². The van der Waals surface area contributed by atoms with Crippen LogP contribution >= 0.6 is 0 Å². The van der Waals surface area contributed by atoms with Gasteiger partial charge >= 0.3 is 0 Å². The van der Waals surface area contributed by atoms with Crippen LogP contribution in [0.1, 0.15) is 20.3 Å². The second kappa shape index (κ2) is 7.73. The van der Waals surface area contributed by atoms with Crippen LogP contribution in [0.4, 0.5) is 0 Å². The Morgan fingerprint density at radius 1 is 1.45 bits per heavy atom. The lowest BCUT2D eigenvalue weighted by Gasteiger charge is -2.27. The van der Waals surface area contributed by atoms with E-state index in [1.165, 1.54) is 4.90 Å². The van der Waals surface area contributed by atoms with Gasteiger partial charge < -0.3 is 16.0 Å². The molecule has 0 bridgehead atoms. The smallest absolute Gasteiger partial charge is 0.242 e. The van der Waals surface area contributed by atoms with Gasteiger partial charge in [0.2, 0.25) is 11.8 Å². The number of nitrogens with two attached hydrogens (primary N) is 1. The zero-order valence-corrected chi connectivity index (χ0v) is 13.9. The maximum Gasteiger partial charge on any atom is 0.242 e. The molecule has 8 heteroatoms. The quantitative estimate of drug-likeness (QED) is 0.599. The number of nitrogens with one attached hydrogen (secondary N) is 1. The molecule has 0 radical (unpaired) electrons. The Morgan fingerprint density at radius 2 is 2.09 bits per heavy atom. The second-order valence-corrected chi connectivity index (χ2v) is 8.11. The van der Waals surface area contributed by atoms with E-state index in [2.05, 4.69) is 11.9 Å². The number of hydrogen-bond donors (Lipinski definition) is 2. The highest BCUT2D eigenvalue weighted by molar-refractivity contribution is 7.91. The fourth-order valence-corrected chi connectivity index (χ4v) is 4.03. The predicted octanol–water partition coefficient (Wildman–Crippen LogP) is -0.712. The fraction of sp³-hybridized carbons (Fsp3) is 0.714. The highest BCUT2D eigenvalue weighted by Crippen LogP contribution is 2.17. The first-order valence-corrected chi connectivity index (χ1v) is 9.14. The van der Waals surface area contributed by atoms with Crippen LogP contribution in [-0.2, 0) is 19.4 Å². The minimum Gasteiger partial charge on any atom is -0.346 e. The maximum absolute atomic E-state index is 12.3. The molecule has 126 valence electrons. The summed E-state index contributed by atoms with van der Waals surface area (Å²) in [6.45, 7) is 7.29. The minimum absolute atomic E-state index is 0.0284. The van der Waals surface area contributed by atoms with Gasteiger partial charge in [-0.05, 0) is 12.3 Å². The molecule has 1 unspecified atom stereocenters. The van der Waals surface area contributed by atoms with Gasteiger partial charge in [0.25, 0.3) is 0 Å².